The fourth-order valence-corrected chi connectivity index (χ4v) is 0.182. The molecule has 0 saturated heterocycles. The van der Waals surface area contributed by atoms with Crippen molar-refractivity contribution in [3.8, 4) is 6.07 Å². The van der Waals surface area contributed by atoms with Crippen molar-refractivity contribution in [2.24, 2.45) is 5.92 Å². The van der Waals surface area contributed by atoms with E-state index in [1.54, 1.807) is 0 Å². The molecule has 0 aromatic heterocycles. The van der Waals surface area contributed by atoms with Crippen LogP contribution in [0.3, 0.4) is 0 Å². The number of hydrogen-bond donors (Lipinski definition) is 0. The van der Waals surface area contributed by atoms with E-state index < -0.39 is 0 Å². The zero-order valence-electron chi connectivity index (χ0n) is 4.02. The molecule has 0 aliphatic carbocycles. The zero-order valence-corrected chi connectivity index (χ0v) is 4.02. The van der Waals surface area contributed by atoms with E-state index in [0.717, 1.165) is 0 Å². The minimum absolute atomic E-state index is 0.125. The minimum atomic E-state index is -0.278. The van der Waals surface area contributed by atoms with Gasteiger partial charge in [0.2, 0.25) is 0 Å². The molecule has 37 valence electrons. The molecule has 0 aliphatic rings. The third-order valence-corrected chi connectivity index (χ3v) is 0.670. The molecule has 1 N–H and O–H groups in total. The van der Waals surface area contributed by atoms with Crippen LogP contribution in [-0.2, 0) is 0 Å². The van der Waals surface area contributed by atoms with Crippen LogP contribution in [-0.4, -0.2) is 6.54 Å². The molecule has 0 rings (SSSR count). The molecule has 0 aliphatic heterocycles. The summed E-state index contributed by atoms with van der Waals surface area (Å²) in [5, 5.41) is 8.08. The van der Waals surface area contributed by atoms with Crippen molar-refractivity contribution in [1.82, 2.24) is 5.73 Å². The highest BCUT2D eigenvalue weighted by Gasteiger charge is 1.93. The first-order chi connectivity index (χ1) is 3.35. The number of nitrogens with zero attached hydrogens (tertiary/aromatic N) is 1. The maximum atomic E-state index is 8.08. The average Bonchev–Trinajstić information content (AvgIpc) is 1.72. The maximum Gasteiger partial charge on any atom is 0.0779 e. The first-order valence-corrected chi connectivity index (χ1v) is 2.02. The van der Waals surface area contributed by atoms with Gasteiger partial charge in [-0.25, -0.2) is 0 Å². The second-order valence-corrected chi connectivity index (χ2v) is 1.18. The number of hydrogen-bond acceptors (Lipinski definition) is 1. The summed E-state index contributed by atoms with van der Waals surface area (Å²) in [5.41, 5.74) is 6.67. The van der Waals surface area contributed by atoms with Gasteiger partial charge in [0.05, 0.1) is 12.0 Å². The van der Waals surface area contributed by atoms with Crippen molar-refractivity contribution >= 4 is 0 Å². The third-order valence-electron chi connectivity index (χ3n) is 0.670. The van der Waals surface area contributed by atoms with Crippen LogP contribution in [0.5, 0.6) is 0 Å². The Balaban J connectivity index is 3.43. The first-order valence-electron chi connectivity index (χ1n) is 2.02. The molecule has 0 bridgehead atoms. The Morgan fingerprint density at radius 2 is 2.57 bits per heavy atom. The van der Waals surface area contributed by atoms with Crippen LogP contribution in [0.4, 0.5) is 0 Å². The van der Waals surface area contributed by atoms with E-state index in [1.807, 2.05) is 6.07 Å². The smallest absolute Gasteiger partial charge is 0.0779 e. The van der Waals surface area contributed by atoms with Gasteiger partial charge in [-0.15, -0.1) is 6.58 Å². The quantitative estimate of drug-likeness (QED) is 0.463. The maximum absolute atomic E-state index is 8.08. The molecule has 0 amide bonds. The summed E-state index contributed by atoms with van der Waals surface area (Å²) < 4.78 is 0. The summed E-state index contributed by atoms with van der Waals surface area (Å²) in [6.45, 7) is 3.49. The molecule has 2 nitrogen and oxygen atoms in total. The normalized spacial score (nSPS) is 12.0. The van der Waals surface area contributed by atoms with Gasteiger partial charge in [-0.05, 0) is 0 Å². The van der Waals surface area contributed by atoms with Crippen molar-refractivity contribution in [1.29, 1.82) is 5.26 Å². The van der Waals surface area contributed by atoms with Gasteiger partial charge in [-0.2, -0.15) is 5.26 Å². The lowest BCUT2D eigenvalue weighted by Gasteiger charge is -1.89. The van der Waals surface area contributed by atoms with Crippen LogP contribution >= 0.6 is 0 Å². The van der Waals surface area contributed by atoms with Crippen LogP contribution in [0.2, 0.25) is 0 Å². The van der Waals surface area contributed by atoms with E-state index in [4.69, 9.17) is 11.0 Å². The zero-order chi connectivity index (χ0) is 5.70. The fraction of sp³-hybridized carbons (Fsp3) is 0.400. The Labute approximate surface area is 43.2 Å². The third kappa shape index (κ3) is 1.96. The van der Waals surface area contributed by atoms with Crippen molar-refractivity contribution in [3.05, 3.63) is 12.7 Å². The summed E-state index contributed by atoms with van der Waals surface area (Å²) in [4.78, 5) is 0. The molecule has 0 fully saturated rings. The van der Waals surface area contributed by atoms with E-state index >= 15 is 0 Å². The van der Waals surface area contributed by atoms with Crippen LogP contribution < -0.4 is 5.73 Å². The Bertz CT molecular complexity index is 90.7. The van der Waals surface area contributed by atoms with Crippen molar-refractivity contribution in [3.63, 3.8) is 0 Å². The molecule has 1 radical (unpaired) electrons. The SMILES string of the molecule is C=CC(C#N)C[NH]. The Kier molecular flexibility index (Phi) is 2.99. The molecule has 0 saturated carbocycles. The lowest BCUT2D eigenvalue weighted by Crippen LogP contribution is -1.98. The summed E-state index contributed by atoms with van der Waals surface area (Å²) >= 11 is 0. The Morgan fingerprint density at radius 3 is 2.57 bits per heavy atom. The highest BCUT2D eigenvalue weighted by Crippen LogP contribution is 1.89. The molecular weight excluding hydrogens is 88.1 g/mol. The topological polar surface area (TPSA) is 47.6 Å². The standard InChI is InChI=1S/C5H7N2/c1-2-5(3-6)4-7/h2,5-6H,1,3H2. The van der Waals surface area contributed by atoms with Crippen LogP contribution in [0.25, 0.3) is 0 Å². The molecule has 7 heavy (non-hydrogen) atoms. The molecule has 1 unspecified atom stereocenters. The van der Waals surface area contributed by atoms with Gasteiger partial charge < -0.3 is 0 Å². The lowest BCUT2D eigenvalue weighted by molar-refractivity contribution is 0.817. The number of nitrogens with one attached hydrogen (secondary N) is 1. The average molecular weight is 95.1 g/mol. The monoisotopic (exact) mass is 95.1 g/mol. The molecule has 0 aromatic carbocycles. The van der Waals surface area contributed by atoms with E-state index in [2.05, 4.69) is 6.58 Å². The summed E-state index contributed by atoms with van der Waals surface area (Å²) in [6, 6.07) is 1.90. The number of nitriles is 1. The minimum Gasteiger partial charge on any atom is -0.256 e. The van der Waals surface area contributed by atoms with E-state index in [-0.39, 0.29) is 12.5 Å². The van der Waals surface area contributed by atoms with Gasteiger partial charge in [0.25, 0.3) is 0 Å². The summed E-state index contributed by atoms with van der Waals surface area (Å²) in [7, 11) is 0. The fourth-order valence-electron chi connectivity index (χ4n) is 0.182. The highest BCUT2D eigenvalue weighted by atomic mass is 14.5. The van der Waals surface area contributed by atoms with Crippen molar-refractivity contribution < 1.29 is 0 Å². The van der Waals surface area contributed by atoms with Gasteiger partial charge in [0.15, 0.2) is 0 Å². The molecule has 2 heteroatoms. The largest absolute Gasteiger partial charge is 0.256 e. The van der Waals surface area contributed by atoms with Gasteiger partial charge in [0, 0.05) is 6.54 Å². The van der Waals surface area contributed by atoms with Crippen molar-refractivity contribution in [2.75, 3.05) is 6.54 Å². The van der Waals surface area contributed by atoms with Crippen LogP contribution in [0.15, 0.2) is 12.7 Å². The molecule has 0 heterocycles. The lowest BCUT2D eigenvalue weighted by atomic mass is 10.2. The van der Waals surface area contributed by atoms with Gasteiger partial charge >= 0.3 is 0 Å². The van der Waals surface area contributed by atoms with Crippen LogP contribution in [0.1, 0.15) is 0 Å². The Morgan fingerprint density at radius 1 is 2.00 bits per heavy atom. The van der Waals surface area contributed by atoms with E-state index in [1.165, 1.54) is 6.08 Å². The summed E-state index contributed by atoms with van der Waals surface area (Å²) in [5.74, 6) is -0.278. The number of rotatable bonds is 2. The van der Waals surface area contributed by atoms with Gasteiger partial charge in [-0.3, -0.25) is 5.73 Å². The van der Waals surface area contributed by atoms with Crippen LogP contribution in [0, 0.1) is 17.2 Å². The second-order valence-electron chi connectivity index (χ2n) is 1.18. The van der Waals surface area contributed by atoms with E-state index in [9.17, 15) is 0 Å². The highest BCUT2D eigenvalue weighted by molar-refractivity contribution is 4.95. The molecular formula is C5H7N2. The summed E-state index contributed by atoms with van der Waals surface area (Å²) in [6.07, 6.45) is 1.48. The molecule has 1 atom stereocenters. The molecule has 0 aromatic rings. The van der Waals surface area contributed by atoms with Crippen molar-refractivity contribution in [2.45, 2.75) is 0 Å². The molecule has 0 spiro atoms. The first kappa shape index (κ1) is 6.19. The second kappa shape index (κ2) is 3.38. The predicted octanol–water partition coefficient (Wildman–Crippen LogP) is 0.595. The van der Waals surface area contributed by atoms with E-state index in [0.29, 0.717) is 0 Å². The van der Waals surface area contributed by atoms with Gasteiger partial charge in [-0.1, -0.05) is 6.08 Å². The van der Waals surface area contributed by atoms with Gasteiger partial charge in [0.1, 0.15) is 0 Å². The predicted molar refractivity (Wildman–Crippen MR) is 27.3 cm³/mol. The Hall–Kier alpha value is -0.810.